The molecule has 0 saturated carbocycles. The quantitative estimate of drug-likeness (QED) is 0.774. The van der Waals surface area contributed by atoms with Crippen LogP contribution in [-0.4, -0.2) is 56.4 Å². The molecular formula is C12H21F3N2O2. The van der Waals surface area contributed by atoms with Crippen LogP contribution >= 0.6 is 0 Å². The van der Waals surface area contributed by atoms with Crippen LogP contribution in [0.4, 0.5) is 13.2 Å². The fourth-order valence-corrected chi connectivity index (χ4v) is 2.31. The number of ether oxygens (including phenoxy) is 1. The molecule has 0 aliphatic carbocycles. The van der Waals surface area contributed by atoms with Gasteiger partial charge in [0.15, 0.2) is 0 Å². The molecule has 1 N–H and O–H groups in total. The van der Waals surface area contributed by atoms with E-state index in [0.29, 0.717) is 26.2 Å². The number of nitrogens with one attached hydrogen (secondary N) is 1. The predicted molar refractivity (Wildman–Crippen MR) is 64.7 cm³/mol. The lowest BCUT2D eigenvalue weighted by Gasteiger charge is -2.34. The van der Waals surface area contributed by atoms with Crippen LogP contribution in [0.25, 0.3) is 0 Å². The summed E-state index contributed by atoms with van der Waals surface area (Å²) in [6.07, 6.45) is -3.90. The number of likely N-dealkylation sites (tertiary alicyclic amines) is 1. The molecule has 1 rings (SSSR count). The zero-order chi connectivity index (χ0) is 14.5. The highest BCUT2D eigenvalue weighted by atomic mass is 19.4. The second kappa shape index (κ2) is 7.09. The molecule has 1 atom stereocenters. The molecule has 0 amide bonds. The lowest BCUT2D eigenvalue weighted by Crippen LogP contribution is -2.49. The topological polar surface area (TPSA) is 41.6 Å². The molecule has 4 nitrogen and oxygen atoms in total. The second-order valence-electron chi connectivity index (χ2n) is 4.75. The van der Waals surface area contributed by atoms with Gasteiger partial charge < -0.3 is 15.0 Å². The molecule has 0 radical (unpaired) electrons. The van der Waals surface area contributed by atoms with Crippen LogP contribution in [-0.2, 0) is 9.53 Å². The van der Waals surface area contributed by atoms with E-state index in [0.717, 1.165) is 0 Å². The summed E-state index contributed by atoms with van der Waals surface area (Å²) in [5, 5.41) is 2.98. The summed E-state index contributed by atoms with van der Waals surface area (Å²) in [6.45, 7) is 3.60. The molecule has 1 heterocycles. The number of likely N-dealkylation sites (N-methyl/N-ethyl adjacent to an activating group) is 1. The van der Waals surface area contributed by atoms with Gasteiger partial charge in [0.05, 0.1) is 13.0 Å². The first kappa shape index (κ1) is 16.2. The lowest BCUT2D eigenvalue weighted by atomic mass is 9.96. The fourth-order valence-electron chi connectivity index (χ4n) is 2.31. The van der Waals surface area contributed by atoms with E-state index in [4.69, 9.17) is 0 Å². The van der Waals surface area contributed by atoms with Gasteiger partial charge in [-0.05, 0) is 32.5 Å². The highest BCUT2D eigenvalue weighted by molar-refractivity contribution is 5.75. The summed E-state index contributed by atoms with van der Waals surface area (Å²) in [5.74, 6) is -1.58. The first-order valence-corrected chi connectivity index (χ1v) is 6.48. The normalized spacial score (nSPS) is 20.3. The largest absolute Gasteiger partial charge is 0.468 e. The van der Waals surface area contributed by atoms with Gasteiger partial charge in [0.2, 0.25) is 0 Å². The van der Waals surface area contributed by atoms with Crippen molar-refractivity contribution in [2.24, 2.45) is 5.92 Å². The Morgan fingerprint density at radius 2 is 2.00 bits per heavy atom. The summed E-state index contributed by atoms with van der Waals surface area (Å²) in [6, 6.07) is -0.475. The average Bonchev–Trinajstić information content (AvgIpc) is 2.37. The summed E-state index contributed by atoms with van der Waals surface area (Å²) < 4.78 is 42.3. The molecule has 1 unspecified atom stereocenters. The monoisotopic (exact) mass is 282 g/mol. The van der Waals surface area contributed by atoms with Gasteiger partial charge in [-0.1, -0.05) is 6.92 Å². The van der Waals surface area contributed by atoms with E-state index in [-0.39, 0.29) is 18.8 Å². The molecule has 7 heteroatoms. The maximum Gasteiger partial charge on any atom is 0.391 e. The minimum absolute atomic E-state index is 0.101. The van der Waals surface area contributed by atoms with Crippen molar-refractivity contribution < 1.29 is 22.7 Å². The van der Waals surface area contributed by atoms with Crippen molar-refractivity contribution in [3.63, 3.8) is 0 Å². The van der Waals surface area contributed by atoms with Gasteiger partial charge in [-0.2, -0.15) is 13.2 Å². The zero-order valence-electron chi connectivity index (χ0n) is 11.3. The van der Waals surface area contributed by atoms with Gasteiger partial charge in [-0.25, -0.2) is 0 Å². The Morgan fingerprint density at radius 3 is 2.42 bits per heavy atom. The molecular weight excluding hydrogens is 261 g/mol. The van der Waals surface area contributed by atoms with E-state index in [9.17, 15) is 18.0 Å². The van der Waals surface area contributed by atoms with Crippen LogP contribution in [0.3, 0.4) is 0 Å². The SMILES string of the molecule is CCNC(CN1CCC(C(F)(F)F)CC1)C(=O)OC. The molecule has 1 saturated heterocycles. The van der Waals surface area contributed by atoms with Crippen molar-refractivity contribution in [3.8, 4) is 0 Å². The third-order valence-corrected chi connectivity index (χ3v) is 3.43. The van der Waals surface area contributed by atoms with Crippen molar-refractivity contribution in [3.05, 3.63) is 0 Å². The Kier molecular flexibility index (Phi) is 6.06. The number of methoxy groups -OCH3 is 1. The van der Waals surface area contributed by atoms with Crippen LogP contribution in [0.15, 0.2) is 0 Å². The smallest absolute Gasteiger partial charge is 0.391 e. The van der Waals surface area contributed by atoms with Crippen LogP contribution in [0.1, 0.15) is 19.8 Å². The number of hydrogen-bond acceptors (Lipinski definition) is 4. The number of halogens is 3. The van der Waals surface area contributed by atoms with E-state index < -0.39 is 18.1 Å². The lowest BCUT2D eigenvalue weighted by molar-refractivity contribution is -0.185. The van der Waals surface area contributed by atoms with Gasteiger partial charge in [0.25, 0.3) is 0 Å². The number of nitrogens with zero attached hydrogens (tertiary/aromatic N) is 1. The Morgan fingerprint density at radius 1 is 1.42 bits per heavy atom. The van der Waals surface area contributed by atoms with Crippen molar-refractivity contribution in [1.29, 1.82) is 0 Å². The summed E-state index contributed by atoms with van der Waals surface area (Å²) in [4.78, 5) is 13.4. The fraction of sp³-hybridized carbons (Fsp3) is 0.917. The number of hydrogen-bond donors (Lipinski definition) is 1. The molecule has 0 bridgehead atoms. The molecule has 0 spiro atoms. The molecule has 19 heavy (non-hydrogen) atoms. The van der Waals surface area contributed by atoms with Crippen LogP contribution in [0.5, 0.6) is 0 Å². The van der Waals surface area contributed by atoms with Gasteiger partial charge >= 0.3 is 12.1 Å². The van der Waals surface area contributed by atoms with Gasteiger partial charge in [0.1, 0.15) is 6.04 Å². The van der Waals surface area contributed by atoms with Gasteiger partial charge in [-0.15, -0.1) is 0 Å². The van der Waals surface area contributed by atoms with Crippen LogP contribution in [0.2, 0.25) is 0 Å². The standard InChI is InChI=1S/C12H21F3N2O2/c1-3-16-10(11(18)19-2)8-17-6-4-9(5-7-17)12(13,14)15/h9-10,16H,3-8H2,1-2H3. The molecule has 0 aromatic carbocycles. The Bertz CT molecular complexity index is 289. The third-order valence-electron chi connectivity index (χ3n) is 3.43. The van der Waals surface area contributed by atoms with E-state index in [1.54, 1.807) is 0 Å². The third kappa shape index (κ3) is 4.99. The van der Waals surface area contributed by atoms with Crippen LogP contribution < -0.4 is 5.32 Å². The Labute approximate surface area is 111 Å². The molecule has 0 aromatic rings. The first-order valence-electron chi connectivity index (χ1n) is 6.48. The second-order valence-corrected chi connectivity index (χ2v) is 4.75. The maximum atomic E-state index is 12.5. The maximum absolute atomic E-state index is 12.5. The molecule has 0 aromatic heterocycles. The number of carbonyl (C=O) groups excluding carboxylic acids is 1. The summed E-state index contributed by atoms with van der Waals surface area (Å²) in [7, 11) is 1.31. The zero-order valence-corrected chi connectivity index (χ0v) is 11.3. The van der Waals surface area contributed by atoms with Gasteiger partial charge in [0, 0.05) is 6.54 Å². The van der Waals surface area contributed by atoms with E-state index in [2.05, 4.69) is 10.1 Å². The highest BCUT2D eigenvalue weighted by Gasteiger charge is 2.41. The van der Waals surface area contributed by atoms with Crippen molar-refractivity contribution >= 4 is 5.97 Å². The van der Waals surface area contributed by atoms with E-state index in [1.165, 1.54) is 7.11 Å². The molecule has 1 aliphatic heterocycles. The first-order chi connectivity index (χ1) is 8.88. The van der Waals surface area contributed by atoms with Crippen LogP contribution in [0, 0.1) is 5.92 Å². The number of carbonyl (C=O) groups is 1. The highest BCUT2D eigenvalue weighted by Crippen LogP contribution is 2.33. The molecule has 1 aliphatic rings. The Balaban J connectivity index is 2.44. The average molecular weight is 282 g/mol. The number of esters is 1. The van der Waals surface area contributed by atoms with Crippen molar-refractivity contribution in [1.82, 2.24) is 10.2 Å². The predicted octanol–water partition coefficient (Wildman–Crippen LogP) is 1.41. The van der Waals surface area contributed by atoms with Crippen molar-refractivity contribution in [2.75, 3.05) is 33.3 Å². The van der Waals surface area contributed by atoms with E-state index in [1.807, 2.05) is 11.8 Å². The van der Waals surface area contributed by atoms with Crippen molar-refractivity contribution in [2.45, 2.75) is 32.0 Å². The Hall–Kier alpha value is -0.820. The van der Waals surface area contributed by atoms with E-state index >= 15 is 0 Å². The van der Waals surface area contributed by atoms with Gasteiger partial charge in [-0.3, -0.25) is 4.79 Å². The number of piperidine rings is 1. The minimum Gasteiger partial charge on any atom is -0.468 e. The number of alkyl halides is 3. The molecule has 112 valence electrons. The summed E-state index contributed by atoms with van der Waals surface area (Å²) in [5.41, 5.74) is 0. The number of rotatable bonds is 5. The molecule has 1 fully saturated rings. The summed E-state index contributed by atoms with van der Waals surface area (Å²) >= 11 is 0. The minimum atomic E-state index is -4.10.